The number of aromatic nitrogens is 2. The highest BCUT2D eigenvalue weighted by Gasteiger charge is 2.22. The fourth-order valence-electron chi connectivity index (χ4n) is 4.43. The van der Waals surface area contributed by atoms with Crippen molar-refractivity contribution in [2.75, 3.05) is 13.1 Å². The van der Waals surface area contributed by atoms with Crippen LogP contribution >= 0.6 is 0 Å². The largest absolute Gasteiger partial charge is 0.444 e. The van der Waals surface area contributed by atoms with E-state index in [1.165, 1.54) is 16.2 Å². The van der Waals surface area contributed by atoms with Crippen molar-refractivity contribution in [2.24, 2.45) is 0 Å². The van der Waals surface area contributed by atoms with Gasteiger partial charge in [-0.2, -0.15) is 4.39 Å². The van der Waals surface area contributed by atoms with E-state index < -0.39 is 27.7 Å². The third-order valence-corrected chi connectivity index (χ3v) is 7.91. The van der Waals surface area contributed by atoms with E-state index in [1.807, 2.05) is 39.0 Å². The van der Waals surface area contributed by atoms with Crippen molar-refractivity contribution in [3.8, 4) is 0 Å². The predicted molar refractivity (Wildman–Crippen MR) is 153 cm³/mol. The van der Waals surface area contributed by atoms with Crippen molar-refractivity contribution in [1.82, 2.24) is 19.2 Å². The highest BCUT2D eigenvalue weighted by molar-refractivity contribution is 7.90. The number of hydrogen-bond acceptors (Lipinski definition) is 6. The number of nitrogens with one attached hydrogen (secondary N) is 1. The first-order valence-corrected chi connectivity index (χ1v) is 14.7. The number of rotatable bonds is 11. The fourth-order valence-corrected chi connectivity index (χ4v) is 5.84. The highest BCUT2D eigenvalue weighted by atomic mass is 32.2. The quantitative estimate of drug-likeness (QED) is 0.184. The molecule has 212 valence electrons. The lowest BCUT2D eigenvalue weighted by atomic mass is 10.1. The van der Waals surface area contributed by atoms with Crippen LogP contribution in [0.3, 0.4) is 0 Å². The van der Waals surface area contributed by atoms with Gasteiger partial charge in [0.2, 0.25) is 5.95 Å². The van der Waals surface area contributed by atoms with Crippen molar-refractivity contribution in [3.05, 3.63) is 96.2 Å². The van der Waals surface area contributed by atoms with Gasteiger partial charge in [-0.15, -0.1) is 0 Å². The summed E-state index contributed by atoms with van der Waals surface area (Å²) < 4.78 is 47.1. The normalized spacial score (nSPS) is 12.1. The number of para-hydroxylation sites is 1. The van der Waals surface area contributed by atoms with Gasteiger partial charge in [0.05, 0.1) is 10.4 Å². The molecule has 0 aliphatic carbocycles. The Morgan fingerprint density at radius 2 is 1.73 bits per heavy atom. The van der Waals surface area contributed by atoms with E-state index in [9.17, 15) is 17.6 Å². The minimum absolute atomic E-state index is 0.217. The van der Waals surface area contributed by atoms with Gasteiger partial charge in [-0.1, -0.05) is 42.5 Å². The molecule has 8 nitrogen and oxygen atoms in total. The molecule has 1 N–H and O–H groups in total. The lowest BCUT2D eigenvalue weighted by Crippen LogP contribution is -2.33. The zero-order chi connectivity index (χ0) is 28.8. The minimum atomic E-state index is -3.80. The Balaban J connectivity index is 1.53. The molecule has 0 bridgehead atoms. The molecule has 0 atom stereocenters. The highest BCUT2D eigenvalue weighted by Crippen LogP contribution is 2.27. The van der Waals surface area contributed by atoms with Crippen molar-refractivity contribution >= 4 is 27.0 Å². The Morgan fingerprint density at radius 1 is 1.00 bits per heavy atom. The molecule has 0 saturated heterocycles. The first-order chi connectivity index (χ1) is 19.0. The number of ether oxygens (including phenoxy) is 1. The second-order valence-corrected chi connectivity index (χ2v) is 12.4. The number of unbranched alkanes of at least 4 members (excludes halogenated alkanes) is 1. The average Bonchev–Trinajstić information content (AvgIpc) is 3.28. The maximum absolute atomic E-state index is 13.5. The number of hydrogen-bond donors (Lipinski definition) is 1. The molecule has 0 spiro atoms. The van der Waals surface area contributed by atoms with Crippen molar-refractivity contribution in [1.29, 1.82) is 0 Å². The molecule has 0 aliphatic rings. The van der Waals surface area contributed by atoms with Crippen LogP contribution in [-0.4, -0.2) is 47.1 Å². The molecule has 40 heavy (non-hydrogen) atoms. The number of fused-ring (bicyclic) bond motifs is 1. The first-order valence-electron chi connectivity index (χ1n) is 13.2. The SMILES string of the molecule is CC(C)(C)OC(=O)NCCCCN(Cc1ccc(F)nc1)Cc1cn(S(=O)(=O)c2ccccc2)c2ccccc12. The van der Waals surface area contributed by atoms with Crippen molar-refractivity contribution in [3.63, 3.8) is 0 Å². The summed E-state index contributed by atoms with van der Waals surface area (Å²) in [5.74, 6) is -0.544. The molecule has 2 aromatic heterocycles. The van der Waals surface area contributed by atoms with Gasteiger partial charge in [-0.05, 0) is 75.5 Å². The topological polar surface area (TPSA) is 93.5 Å². The average molecular weight is 567 g/mol. The molecule has 1 amide bonds. The van der Waals surface area contributed by atoms with Crippen LogP contribution in [0.25, 0.3) is 10.9 Å². The Bertz CT molecular complexity index is 1530. The summed E-state index contributed by atoms with van der Waals surface area (Å²) in [6.45, 7) is 7.55. The number of carbonyl (C=O) groups is 1. The molecular weight excluding hydrogens is 531 g/mol. The zero-order valence-corrected chi connectivity index (χ0v) is 23.8. The molecule has 2 aromatic carbocycles. The molecular formula is C30H35FN4O4S. The lowest BCUT2D eigenvalue weighted by molar-refractivity contribution is 0.0526. The van der Waals surface area contributed by atoms with Gasteiger partial charge < -0.3 is 10.1 Å². The van der Waals surface area contributed by atoms with Crippen molar-refractivity contribution in [2.45, 2.75) is 57.2 Å². The van der Waals surface area contributed by atoms with Gasteiger partial charge in [0.15, 0.2) is 0 Å². The van der Waals surface area contributed by atoms with Crippen LogP contribution in [-0.2, 0) is 27.8 Å². The summed E-state index contributed by atoms with van der Waals surface area (Å²) in [7, 11) is -3.80. The maximum Gasteiger partial charge on any atom is 0.407 e. The monoisotopic (exact) mass is 566 g/mol. The predicted octanol–water partition coefficient (Wildman–Crippen LogP) is 5.72. The van der Waals surface area contributed by atoms with E-state index in [1.54, 1.807) is 48.7 Å². The minimum Gasteiger partial charge on any atom is -0.444 e. The number of amides is 1. The van der Waals surface area contributed by atoms with E-state index in [-0.39, 0.29) is 4.90 Å². The first kappa shape index (κ1) is 29.2. The van der Waals surface area contributed by atoms with Crippen LogP contribution in [0.15, 0.2) is 84.0 Å². The van der Waals surface area contributed by atoms with Crippen LogP contribution in [0.5, 0.6) is 0 Å². The lowest BCUT2D eigenvalue weighted by Gasteiger charge is -2.22. The number of carbonyl (C=O) groups excluding carboxylic acids is 1. The maximum atomic E-state index is 13.5. The van der Waals surface area contributed by atoms with E-state index in [0.717, 1.165) is 29.4 Å². The molecule has 0 aliphatic heterocycles. The number of benzene rings is 2. The van der Waals surface area contributed by atoms with Gasteiger partial charge in [-0.25, -0.2) is 22.2 Å². The fraction of sp³-hybridized carbons (Fsp3) is 0.333. The summed E-state index contributed by atoms with van der Waals surface area (Å²) >= 11 is 0. The van der Waals surface area contributed by atoms with E-state index in [4.69, 9.17) is 4.74 Å². The molecule has 2 heterocycles. The Hall–Kier alpha value is -3.76. The van der Waals surface area contributed by atoms with Gasteiger partial charge in [0.1, 0.15) is 5.60 Å². The van der Waals surface area contributed by atoms with E-state index >= 15 is 0 Å². The standard InChI is InChI=1S/C30H35FN4O4S/c1-30(2,3)39-29(36)32-17-9-10-18-34(20-23-15-16-28(31)33-19-23)21-24-22-35(27-14-8-7-13-26(24)27)40(37,38)25-11-5-4-6-12-25/h4-8,11-16,19,22H,9-10,17-18,20-21H2,1-3H3,(H,32,36). The molecule has 0 radical (unpaired) electrons. The summed E-state index contributed by atoms with van der Waals surface area (Å²) in [6, 6.07) is 18.8. The van der Waals surface area contributed by atoms with E-state index in [0.29, 0.717) is 31.7 Å². The zero-order valence-electron chi connectivity index (χ0n) is 23.0. The molecule has 10 heteroatoms. The van der Waals surface area contributed by atoms with Gasteiger partial charge in [0.25, 0.3) is 10.0 Å². The summed E-state index contributed by atoms with van der Waals surface area (Å²) in [5.41, 5.74) is 1.74. The number of nitrogens with zero attached hydrogens (tertiary/aromatic N) is 3. The van der Waals surface area contributed by atoms with Crippen LogP contribution in [0, 0.1) is 5.95 Å². The Morgan fingerprint density at radius 3 is 2.42 bits per heavy atom. The smallest absolute Gasteiger partial charge is 0.407 e. The molecule has 4 aromatic rings. The van der Waals surface area contributed by atoms with Crippen LogP contribution < -0.4 is 5.32 Å². The van der Waals surface area contributed by atoms with Gasteiger partial charge >= 0.3 is 6.09 Å². The van der Waals surface area contributed by atoms with Gasteiger partial charge in [-0.3, -0.25) is 4.90 Å². The van der Waals surface area contributed by atoms with E-state index in [2.05, 4.69) is 15.2 Å². The molecule has 4 rings (SSSR count). The Kier molecular flexibility index (Phi) is 9.21. The summed E-state index contributed by atoms with van der Waals surface area (Å²) in [4.78, 5) is 18.1. The molecule has 0 unspecified atom stereocenters. The molecule has 0 fully saturated rings. The van der Waals surface area contributed by atoms with Crippen LogP contribution in [0.4, 0.5) is 9.18 Å². The number of alkyl carbamates (subject to hydrolysis) is 1. The molecule has 0 saturated carbocycles. The van der Waals surface area contributed by atoms with Crippen LogP contribution in [0.1, 0.15) is 44.7 Å². The second kappa shape index (κ2) is 12.6. The third kappa shape index (κ3) is 7.67. The van der Waals surface area contributed by atoms with Crippen LogP contribution in [0.2, 0.25) is 0 Å². The third-order valence-electron chi connectivity index (χ3n) is 6.22. The summed E-state index contributed by atoms with van der Waals surface area (Å²) in [6.07, 6.45) is 4.24. The van der Waals surface area contributed by atoms with Crippen molar-refractivity contribution < 1.29 is 22.3 Å². The number of pyridine rings is 1. The Labute approximate surface area is 234 Å². The number of halogens is 1. The van der Waals surface area contributed by atoms with Gasteiger partial charge in [0, 0.05) is 37.4 Å². The summed E-state index contributed by atoms with van der Waals surface area (Å²) in [5, 5.41) is 3.62. The second-order valence-electron chi connectivity index (χ2n) is 10.6.